The van der Waals surface area contributed by atoms with Crippen molar-refractivity contribution >= 4 is 28.4 Å². The summed E-state index contributed by atoms with van der Waals surface area (Å²) in [6.45, 7) is 0.0401. The monoisotopic (exact) mass is 403 g/mol. The third-order valence-corrected chi connectivity index (χ3v) is 4.51. The molecule has 0 aromatic carbocycles. The Morgan fingerprint density at radius 2 is 2.19 bits per heavy atom. The summed E-state index contributed by atoms with van der Waals surface area (Å²) in [5, 5.41) is 6.94. The van der Waals surface area contributed by atoms with Gasteiger partial charge in [-0.25, -0.2) is 15.1 Å². The van der Waals surface area contributed by atoms with E-state index < -0.39 is 34.6 Å². The molecule has 0 radical (unpaired) electrons. The first-order valence-corrected chi connectivity index (χ1v) is 8.94. The normalized spacial score (nSPS) is 21.9. The van der Waals surface area contributed by atoms with E-state index in [4.69, 9.17) is 9.39 Å². The summed E-state index contributed by atoms with van der Waals surface area (Å²) < 4.78 is 37.1. The maximum absolute atomic E-state index is 12.7. The SMILES string of the molecule is CN=C(NOC(=O)NC)[C@@H]1c2c(cnn2C)[C@@H]2CN1C(=O)N2OS(=O)(=O)O. The van der Waals surface area contributed by atoms with Crippen molar-refractivity contribution in [1.82, 2.24) is 30.5 Å². The fourth-order valence-electron chi connectivity index (χ4n) is 3.08. The van der Waals surface area contributed by atoms with Crippen LogP contribution in [0.25, 0.3) is 0 Å². The van der Waals surface area contributed by atoms with Crippen molar-refractivity contribution in [2.24, 2.45) is 12.0 Å². The lowest BCUT2D eigenvalue weighted by Gasteiger charge is -2.31. The fraction of sp³-hybridized carbons (Fsp3) is 0.500. The Labute approximate surface area is 153 Å². The highest BCUT2D eigenvalue weighted by Gasteiger charge is 2.53. The average molecular weight is 403 g/mol. The molecule has 2 aliphatic rings. The minimum absolute atomic E-state index is 0.0401. The van der Waals surface area contributed by atoms with Gasteiger partial charge in [0.15, 0.2) is 5.84 Å². The number of nitrogens with one attached hydrogen (secondary N) is 2. The lowest BCUT2D eigenvalue weighted by atomic mass is 9.97. The van der Waals surface area contributed by atoms with Crippen LogP contribution in [0, 0.1) is 0 Å². The van der Waals surface area contributed by atoms with Crippen LogP contribution in [0.5, 0.6) is 0 Å². The van der Waals surface area contributed by atoms with Gasteiger partial charge in [0, 0.05) is 26.7 Å². The molecule has 3 amide bonds. The van der Waals surface area contributed by atoms with Gasteiger partial charge in [0.2, 0.25) is 0 Å². The highest BCUT2D eigenvalue weighted by atomic mass is 32.3. The number of rotatable bonds is 3. The first kappa shape index (κ1) is 18.9. The number of urea groups is 1. The van der Waals surface area contributed by atoms with E-state index in [0.29, 0.717) is 16.3 Å². The Balaban J connectivity index is 2.01. The van der Waals surface area contributed by atoms with Crippen LogP contribution in [0.3, 0.4) is 0 Å². The molecule has 0 unspecified atom stereocenters. The number of aryl methyl sites for hydroxylation is 1. The molecule has 2 atom stereocenters. The number of carbonyl (C=O) groups is 2. The Kier molecular flexibility index (Phi) is 4.66. The topological polar surface area (TPSA) is 168 Å². The lowest BCUT2D eigenvalue weighted by molar-refractivity contribution is -0.0316. The van der Waals surface area contributed by atoms with E-state index in [1.54, 1.807) is 7.05 Å². The molecular weight excluding hydrogens is 386 g/mol. The number of amidine groups is 1. The highest BCUT2D eigenvalue weighted by Crippen LogP contribution is 2.44. The zero-order valence-electron chi connectivity index (χ0n) is 14.5. The minimum atomic E-state index is -4.92. The van der Waals surface area contributed by atoms with Crippen molar-refractivity contribution in [2.75, 3.05) is 20.6 Å². The van der Waals surface area contributed by atoms with Crippen LogP contribution < -0.4 is 10.8 Å². The Morgan fingerprint density at radius 3 is 2.78 bits per heavy atom. The maximum atomic E-state index is 12.7. The first-order chi connectivity index (χ1) is 12.7. The van der Waals surface area contributed by atoms with Gasteiger partial charge in [-0.1, -0.05) is 0 Å². The van der Waals surface area contributed by atoms with Crippen LogP contribution in [0.1, 0.15) is 23.3 Å². The van der Waals surface area contributed by atoms with Crippen LogP contribution in [-0.4, -0.2) is 71.3 Å². The summed E-state index contributed by atoms with van der Waals surface area (Å²) in [5.74, 6) is 0.101. The van der Waals surface area contributed by atoms with Gasteiger partial charge in [0.1, 0.15) is 12.1 Å². The average Bonchev–Trinajstić information content (AvgIpc) is 3.11. The standard InChI is InChI=1S/C12H17N7O7S/c1-13-10(16-25-11(20)14-2)9-8-6(4-15-17(8)3)7-5-18(9)12(21)19(7)26-27(22,23)24/h4,7,9H,5H2,1-3H3,(H,13,16)(H,14,20)(H,22,23,24)/t7-,9-/m0/s1. The molecule has 1 fully saturated rings. The van der Waals surface area contributed by atoms with E-state index in [0.717, 1.165) is 0 Å². The quantitative estimate of drug-likeness (QED) is 0.245. The molecule has 0 aliphatic carbocycles. The Hall–Kier alpha value is -2.91. The molecular formula is C12H17N7O7S. The summed E-state index contributed by atoms with van der Waals surface area (Å²) in [6.07, 6.45) is 0.676. The molecule has 27 heavy (non-hydrogen) atoms. The molecule has 3 N–H and O–H groups in total. The van der Waals surface area contributed by atoms with Crippen LogP contribution in [0.4, 0.5) is 9.59 Å². The summed E-state index contributed by atoms with van der Waals surface area (Å²) in [4.78, 5) is 34.1. The third kappa shape index (κ3) is 3.26. The van der Waals surface area contributed by atoms with Crippen molar-refractivity contribution in [2.45, 2.75) is 12.1 Å². The number of aliphatic imine (C=N–C) groups is 1. The largest absolute Gasteiger partial charge is 0.431 e. The number of aromatic nitrogens is 2. The number of hydrogen-bond acceptors (Lipinski definition) is 8. The molecule has 1 saturated heterocycles. The minimum Gasteiger partial charge on any atom is -0.323 e. The second kappa shape index (κ2) is 6.67. The van der Waals surface area contributed by atoms with Crippen molar-refractivity contribution in [3.8, 4) is 0 Å². The fourth-order valence-corrected chi connectivity index (χ4v) is 3.45. The molecule has 15 heteroatoms. The van der Waals surface area contributed by atoms with Crippen LogP contribution >= 0.6 is 0 Å². The Morgan fingerprint density at radius 1 is 1.48 bits per heavy atom. The highest BCUT2D eigenvalue weighted by molar-refractivity contribution is 7.80. The van der Waals surface area contributed by atoms with Gasteiger partial charge >= 0.3 is 22.5 Å². The zero-order chi connectivity index (χ0) is 19.9. The zero-order valence-corrected chi connectivity index (χ0v) is 15.3. The molecule has 2 aliphatic heterocycles. The van der Waals surface area contributed by atoms with Gasteiger partial charge in [0.05, 0.1) is 18.4 Å². The van der Waals surface area contributed by atoms with Crippen LogP contribution in [0.2, 0.25) is 0 Å². The summed E-state index contributed by atoms with van der Waals surface area (Å²) in [7, 11) is -0.499. The number of amides is 3. The van der Waals surface area contributed by atoms with E-state index in [1.807, 2.05) is 0 Å². The molecule has 1 aromatic heterocycles. The first-order valence-electron chi connectivity index (χ1n) is 7.57. The van der Waals surface area contributed by atoms with Gasteiger partial charge in [-0.15, -0.1) is 4.28 Å². The second-order valence-electron chi connectivity index (χ2n) is 5.64. The van der Waals surface area contributed by atoms with Crippen LogP contribution in [0.15, 0.2) is 11.2 Å². The van der Waals surface area contributed by atoms with Gasteiger partial charge < -0.3 is 15.1 Å². The molecule has 3 rings (SSSR count). The van der Waals surface area contributed by atoms with E-state index in [2.05, 4.69) is 25.2 Å². The molecule has 2 bridgehead atoms. The van der Waals surface area contributed by atoms with Crippen LogP contribution in [-0.2, 0) is 26.6 Å². The van der Waals surface area contributed by atoms with E-state index in [9.17, 15) is 18.0 Å². The van der Waals surface area contributed by atoms with Crippen molar-refractivity contribution < 1.29 is 31.7 Å². The number of hydroxylamine groups is 3. The number of carbonyl (C=O) groups excluding carboxylic acids is 2. The smallest absolute Gasteiger partial charge is 0.323 e. The van der Waals surface area contributed by atoms with Gasteiger partial charge in [-0.3, -0.25) is 14.2 Å². The molecule has 0 spiro atoms. The predicted octanol–water partition coefficient (Wildman–Crippen LogP) is -1.12. The van der Waals surface area contributed by atoms with Gasteiger partial charge in [-0.05, 0) is 0 Å². The molecule has 0 saturated carbocycles. The lowest BCUT2D eigenvalue weighted by Crippen LogP contribution is -2.45. The predicted molar refractivity (Wildman–Crippen MR) is 87.3 cm³/mol. The van der Waals surface area contributed by atoms with E-state index in [-0.39, 0.29) is 12.4 Å². The number of nitrogens with zero attached hydrogens (tertiary/aromatic N) is 5. The summed E-state index contributed by atoms with van der Waals surface area (Å²) in [5.41, 5.74) is 3.40. The number of fused-ring (bicyclic) bond motifs is 4. The summed E-state index contributed by atoms with van der Waals surface area (Å²) >= 11 is 0. The van der Waals surface area contributed by atoms with Gasteiger partial charge in [-0.2, -0.15) is 18.6 Å². The molecule has 148 valence electrons. The van der Waals surface area contributed by atoms with Crippen molar-refractivity contribution in [1.29, 1.82) is 0 Å². The molecule has 14 nitrogen and oxygen atoms in total. The Bertz CT molecular complexity index is 911. The van der Waals surface area contributed by atoms with E-state index >= 15 is 0 Å². The summed E-state index contributed by atoms with van der Waals surface area (Å²) in [6, 6.07) is -2.49. The second-order valence-corrected chi connectivity index (χ2v) is 6.65. The van der Waals surface area contributed by atoms with E-state index in [1.165, 1.54) is 29.9 Å². The molecule has 1 aromatic rings. The third-order valence-electron chi connectivity index (χ3n) is 4.16. The number of hydrogen-bond donors (Lipinski definition) is 3. The van der Waals surface area contributed by atoms with Crippen molar-refractivity contribution in [3.05, 3.63) is 17.5 Å². The molecule has 3 heterocycles. The van der Waals surface area contributed by atoms with Gasteiger partial charge in [0.25, 0.3) is 0 Å². The van der Waals surface area contributed by atoms with Crippen molar-refractivity contribution in [3.63, 3.8) is 0 Å². The maximum Gasteiger partial charge on any atom is 0.431 e.